The lowest BCUT2D eigenvalue weighted by Gasteiger charge is -2.39. The maximum atomic E-state index is 15.2. The number of fused-ring (bicyclic) bond motifs is 2. The minimum Gasteiger partial charge on any atom is -0.393 e. The van der Waals surface area contributed by atoms with Crippen molar-refractivity contribution in [3.05, 3.63) is 64.7 Å². The van der Waals surface area contributed by atoms with E-state index < -0.39 is 58.7 Å². The number of piperidine rings is 1. The summed E-state index contributed by atoms with van der Waals surface area (Å²) >= 11 is 0. The lowest BCUT2D eigenvalue weighted by molar-refractivity contribution is -0.166. The molecule has 2 aliphatic rings. The van der Waals surface area contributed by atoms with Gasteiger partial charge in [0, 0.05) is 17.8 Å². The number of carbonyl (C=O) groups is 2. The molecule has 5 nitrogen and oxygen atoms in total. The quantitative estimate of drug-likeness (QED) is 0.689. The SMILES string of the molecule is Cc1cc(NC(=O)c2cccc(C(F)(F)C(=O)N3C4CCC3CC(O)C4)c2F)ccc1F. The number of nitrogens with zero attached hydrogens (tertiary/aromatic N) is 1. The van der Waals surface area contributed by atoms with Gasteiger partial charge in [-0.3, -0.25) is 9.59 Å². The molecular formula is C23H22F4N2O3. The second-order valence-corrected chi connectivity index (χ2v) is 8.38. The van der Waals surface area contributed by atoms with Gasteiger partial charge < -0.3 is 15.3 Å². The van der Waals surface area contributed by atoms with Crippen LogP contribution in [0, 0.1) is 18.6 Å². The van der Waals surface area contributed by atoms with Crippen LogP contribution < -0.4 is 5.32 Å². The number of aliphatic hydroxyl groups is 1. The monoisotopic (exact) mass is 450 g/mol. The van der Waals surface area contributed by atoms with Crippen LogP contribution in [0.5, 0.6) is 0 Å². The largest absolute Gasteiger partial charge is 0.393 e. The number of carbonyl (C=O) groups excluding carboxylic acids is 2. The maximum absolute atomic E-state index is 15.2. The number of nitrogens with one attached hydrogen (secondary N) is 1. The Kier molecular flexibility index (Phi) is 5.70. The Bertz CT molecular complexity index is 1060. The molecule has 2 bridgehead atoms. The molecule has 170 valence electrons. The van der Waals surface area contributed by atoms with E-state index in [9.17, 15) is 19.1 Å². The van der Waals surface area contributed by atoms with Crippen molar-refractivity contribution in [2.24, 2.45) is 0 Å². The van der Waals surface area contributed by atoms with Crippen LogP contribution in [0.1, 0.15) is 47.2 Å². The second-order valence-electron chi connectivity index (χ2n) is 8.38. The Hall–Kier alpha value is -2.94. The van der Waals surface area contributed by atoms with Crippen LogP contribution >= 0.6 is 0 Å². The predicted molar refractivity (Wildman–Crippen MR) is 108 cm³/mol. The standard InChI is InChI=1S/C23H22F4N2O3/c1-12-9-13(5-8-19(12)24)28-21(31)17-3-2-4-18(20(17)25)23(26,27)22(32)29-14-6-7-15(29)11-16(30)10-14/h2-5,8-9,14-16,30H,6-7,10-11H2,1H3,(H,28,31). The fourth-order valence-electron chi connectivity index (χ4n) is 4.63. The topological polar surface area (TPSA) is 69.6 Å². The van der Waals surface area contributed by atoms with Gasteiger partial charge in [-0.05, 0) is 68.5 Å². The van der Waals surface area contributed by atoms with Crippen LogP contribution in [0.2, 0.25) is 0 Å². The summed E-state index contributed by atoms with van der Waals surface area (Å²) in [5, 5.41) is 12.2. The summed E-state index contributed by atoms with van der Waals surface area (Å²) in [6.07, 6.45) is 0.779. The van der Waals surface area contributed by atoms with Gasteiger partial charge in [-0.1, -0.05) is 6.07 Å². The molecule has 4 rings (SSSR count). The Balaban J connectivity index is 1.60. The van der Waals surface area contributed by atoms with Crippen LogP contribution in [0.15, 0.2) is 36.4 Å². The Morgan fingerprint density at radius 2 is 1.75 bits per heavy atom. The number of rotatable bonds is 4. The zero-order valence-corrected chi connectivity index (χ0v) is 17.2. The van der Waals surface area contributed by atoms with Crippen molar-refractivity contribution >= 4 is 17.5 Å². The molecule has 0 aromatic heterocycles. The summed E-state index contributed by atoms with van der Waals surface area (Å²) in [5.41, 5.74) is -1.43. The molecular weight excluding hydrogens is 428 g/mol. The molecule has 32 heavy (non-hydrogen) atoms. The van der Waals surface area contributed by atoms with Crippen molar-refractivity contribution in [1.29, 1.82) is 0 Å². The lowest BCUT2D eigenvalue weighted by Crippen LogP contribution is -2.53. The fourth-order valence-corrected chi connectivity index (χ4v) is 4.63. The number of anilines is 1. The minimum atomic E-state index is -4.18. The highest BCUT2D eigenvalue weighted by Crippen LogP contribution is 2.41. The van der Waals surface area contributed by atoms with Crippen LogP contribution in [-0.2, 0) is 10.7 Å². The van der Waals surface area contributed by atoms with Crippen molar-refractivity contribution < 1.29 is 32.3 Å². The first-order valence-electron chi connectivity index (χ1n) is 10.3. The van der Waals surface area contributed by atoms with Gasteiger partial charge in [0.25, 0.3) is 11.8 Å². The highest BCUT2D eigenvalue weighted by atomic mass is 19.3. The fraction of sp³-hybridized carbons (Fsp3) is 0.391. The average Bonchev–Trinajstić information content (AvgIpc) is 3.00. The van der Waals surface area contributed by atoms with E-state index in [1.54, 1.807) is 0 Å². The van der Waals surface area contributed by atoms with Gasteiger partial charge in [0.2, 0.25) is 0 Å². The summed E-state index contributed by atoms with van der Waals surface area (Å²) in [6, 6.07) is 5.58. The smallest absolute Gasteiger partial charge is 0.352 e. The second kappa shape index (κ2) is 8.20. The van der Waals surface area contributed by atoms with E-state index in [4.69, 9.17) is 0 Å². The maximum Gasteiger partial charge on any atom is 0.352 e. The van der Waals surface area contributed by atoms with Gasteiger partial charge >= 0.3 is 5.92 Å². The van der Waals surface area contributed by atoms with E-state index in [2.05, 4.69) is 5.32 Å². The molecule has 0 spiro atoms. The molecule has 0 radical (unpaired) electrons. The highest BCUT2D eigenvalue weighted by Gasteiger charge is 2.53. The zero-order valence-electron chi connectivity index (χ0n) is 17.2. The van der Waals surface area contributed by atoms with Gasteiger partial charge in [0.05, 0.1) is 17.2 Å². The molecule has 2 N–H and O–H groups in total. The Morgan fingerprint density at radius 1 is 1.09 bits per heavy atom. The number of amides is 2. The molecule has 2 unspecified atom stereocenters. The normalized spacial score (nSPS) is 22.7. The molecule has 2 saturated heterocycles. The van der Waals surface area contributed by atoms with E-state index in [1.807, 2.05) is 0 Å². The van der Waals surface area contributed by atoms with Crippen molar-refractivity contribution in [3.8, 4) is 0 Å². The van der Waals surface area contributed by atoms with Gasteiger partial charge in [0.15, 0.2) is 0 Å². The molecule has 0 aliphatic carbocycles. The first kappa shape index (κ1) is 22.3. The average molecular weight is 450 g/mol. The van der Waals surface area contributed by atoms with Crippen molar-refractivity contribution in [1.82, 2.24) is 4.90 Å². The Labute approximate surface area is 182 Å². The van der Waals surface area contributed by atoms with Crippen LogP contribution in [-0.4, -0.2) is 40.0 Å². The van der Waals surface area contributed by atoms with Crippen LogP contribution in [0.25, 0.3) is 0 Å². The molecule has 2 heterocycles. The molecule has 9 heteroatoms. The van der Waals surface area contributed by atoms with Crippen molar-refractivity contribution in [3.63, 3.8) is 0 Å². The summed E-state index contributed by atoms with van der Waals surface area (Å²) in [4.78, 5) is 26.4. The molecule has 2 fully saturated rings. The highest BCUT2D eigenvalue weighted by molar-refractivity contribution is 6.04. The molecule has 2 amide bonds. The Morgan fingerprint density at radius 3 is 2.38 bits per heavy atom. The summed E-state index contributed by atoms with van der Waals surface area (Å²) in [5.74, 6) is -8.70. The van der Waals surface area contributed by atoms with E-state index in [0.29, 0.717) is 12.8 Å². The van der Waals surface area contributed by atoms with Gasteiger partial charge in [-0.15, -0.1) is 0 Å². The zero-order chi connectivity index (χ0) is 23.2. The number of alkyl halides is 2. The third-order valence-electron chi connectivity index (χ3n) is 6.21. The third-order valence-corrected chi connectivity index (χ3v) is 6.21. The molecule has 2 aromatic carbocycles. The molecule has 2 atom stereocenters. The summed E-state index contributed by atoms with van der Waals surface area (Å²) in [6.45, 7) is 1.48. The van der Waals surface area contributed by atoms with Crippen LogP contribution in [0.3, 0.4) is 0 Å². The van der Waals surface area contributed by atoms with Crippen LogP contribution in [0.4, 0.5) is 23.2 Å². The van der Waals surface area contributed by atoms with Gasteiger partial charge in [0.1, 0.15) is 11.6 Å². The van der Waals surface area contributed by atoms with E-state index >= 15 is 13.2 Å². The number of hydrogen-bond donors (Lipinski definition) is 2. The lowest BCUT2D eigenvalue weighted by atomic mass is 9.96. The number of halogens is 4. The number of aliphatic hydroxyl groups excluding tert-OH is 1. The number of hydrogen-bond acceptors (Lipinski definition) is 3. The number of benzene rings is 2. The summed E-state index contributed by atoms with van der Waals surface area (Å²) < 4.78 is 58.8. The minimum absolute atomic E-state index is 0.171. The van der Waals surface area contributed by atoms with Crippen molar-refractivity contribution in [2.75, 3.05) is 5.32 Å². The van der Waals surface area contributed by atoms with E-state index in [0.717, 1.165) is 29.2 Å². The third kappa shape index (κ3) is 3.85. The van der Waals surface area contributed by atoms with Crippen molar-refractivity contribution in [2.45, 2.75) is 56.7 Å². The van der Waals surface area contributed by atoms with E-state index in [1.165, 1.54) is 19.1 Å². The first-order chi connectivity index (χ1) is 15.1. The molecule has 2 aromatic rings. The molecule has 2 aliphatic heterocycles. The molecule has 0 saturated carbocycles. The first-order valence-corrected chi connectivity index (χ1v) is 10.3. The van der Waals surface area contributed by atoms with Gasteiger partial charge in [-0.2, -0.15) is 8.78 Å². The van der Waals surface area contributed by atoms with Gasteiger partial charge in [-0.25, -0.2) is 8.78 Å². The number of aryl methyl sites for hydroxylation is 1. The summed E-state index contributed by atoms with van der Waals surface area (Å²) in [7, 11) is 0. The van der Waals surface area contributed by atoms with E-state index in [-0.39, 0.29) is 24.1 Å². The predicted octanol–water partition coefficient (Wildman–Crippen LogP) is 4.13.